The monoisotopic (exact) mass is 295 g/mol. The minimum Gasteiger partial charge on any atom is -0.273 e. The molecule has 1 heterocycles. The normalized spacial score (nSPS) is 15.6. The molecule has 0 aliphatic heterocycles. The lowest BCUT2D eigenvalue weighted by Crippen LogP contribution is -2.15. The van der Waals surface area contributed by atoms with E-state index < -0.39 is 0 Å². The summed E-state index contributed by atoms with van der Waals surface area (Å²) in [5, 5.41) is 4.39. The van der Waals surface area contributed by atoms with Crippen LogP contribution in [0, 0.1) is 5.92 Å². The van der Waals surface area contributed by atoms with Gasteiger partial charge >= 0.3 is 0 Å². The highest BCUT2D eigenvalue weighted by Gasteiger charge is 2.25. The third kappa shape index (κ3) is 2.85. The summed E-state index contributed by atoms with van der Waals surface area (Å²) in [6.07, 6.45) is 4.74. The molecule has 0 unspecified atom stereocenters. The summed E-state index contributed by atoms with van der Waals surface area (Å²) in [6, 6.07) is 8.87. The second kappa shape index (κ2) is 5.38. The minimum atomic E-state index is -0.0225. The Hall–Kier alpha value is -1.90. The SMILES string of the molecule is CC(=O)n1cc2c(n1)CC[C](c1cccc(C(C)(C)C)c1)C2. The quantitative estimate of drug-likeness (QED) is 0.798. The number of benzene rings is 1. The number of nitrogens with zero attached hydrogens (tertiary/aromatic N) is 2. The number of hydrogen-bond donors (Lipinski definition) is 0. The number of aryl methyl sites for hydroxylation is 1. The largest absolute Gasteiger partial charge is 0.273 e. The highest BCUT2D eigenvalue weighted by atomic mass is 16.2. The molecule has 0 fully saturated rings. The first kappa shape index (κ1) is 15.0. The van der Waals surface area contributed by atoms with Crippen molar-refractivity contribution in [2.45, 2.75) is 52.4 Å². The molecule has 1 aliphatic carbocycles. The van der Waals surface area contributed by atoms with E-state index in [-0.39, 0.29) is 11.3 Å². The Bertz CT molecular complexity index is 706. The van der Waals surface area contributed by atoms with Crippen LogP contribution in [0.3, 0.4) is 0 Å². The summed E-state index contributed by atoms with van der Waals surface area (Å²) in [5.41, 5.74) is 5.12. The van der Waals surface area contributed by atoms with E-state index in [1.807, 2.05) is 6.20 Å². The first-order valence-electron chi connectivity index (χ1n) is 7.88. The second-order valence-electron chi connectivity index (χ2n) is 7.18. The molecule has 115 valence electrons. The summed E-state index contributed by atoms with van der Waals surface area (Å²) in [4.78, 5) is 11.5. The Morgan fingerprint density at radius 3 is 2.68 bits per heavy atom. The van der Waals surface area contributed by atoms with Crippen molar-refractivity contribution in [2.24, 2.45) is 0 Å². The maximum atomic E-state index is 11.5. The fraction of sp³-hybridized carbons (Fsp3) is 0.421. The van der Waals surface area contributed by atoms with Crippen LogP contribution in [0.4, 0.5) is 0 Å². The summed E-state index contributed by atoms with van der Waals surface area (Å²) in [6.45, 7) is 8.28. The third-order valence-electron chi connectivity index (χ3n) is 4.40. The topological polar surface area (TPSA) is 34.9 Å². The van der Waals surface area contributed by atoms with Crippen LogP contribution in [0.1, 0.15) is 61.3 Å². The van der Waals surface area contributed by atoms with Crippen LogP contribution in [0.15, 0.2) is 30.5 Å². The molecule has 3 rings (SSSR count). The highest BCUT2D eigenvalue weighted by molar-refractivity contribution is 5.75. The number of rotatable bonds is 1. The molecule has 1 aliphatic rings. The Balaban J connectivity index is 1.87. The Kier molecular flexibility index (Phi) is 3.67. The van der Waals surface area contributed by atoms with Crippen LogP contribution < -0.4 is 0 Å². The van der Waals surface area contributed by atoms with Gasteiger partial charge in [0.1, 0.15) is 0 Å². The molecule has 0 amide bonds. The molecule has 3 nitrogen and oxygen atoms in total. The molecule has 0 spiro atoms. The van der Waals surface area contributed by atoms with Crippen LogP contribution in [-0.4, -0.2) is 15.7 Å². The molecule has 0 saturated heterocycles. The van der Waals surface area contributed by atoms with Crippen molar-refractivity contribution in [3.8, 4) is 0 Å². The maximum Gasteiger partial charge on any atom is 0.243 e. The summed E-state index contributed by atoms with van der Waals surface area (Å²) in [7, 11) is 0. The van der Waals surface area contributed by atoms with Crippen LogP contribution in [0.2, 0.25) is 0 Å². The van der Waals surface area contributed by atoms with E-state index in [1.165, 1.54) is 27.3 Å². The van der Waals surface area contributed by atoms with E-state index in [9.17, 15) is 4.79 Å². The molecule has 22 heavy (non-hydrogen) atoms. The van der Waals surface area contributed by atoms with Crippen LogP contribution in [0.25, 0.3) is 0 Å². The average Bonchev–Trinajstić information content (AvgIpc) is 2.89. The van der Waals surface area contributed by atoms with Gasteiger partial charge in [0.05, 0.1) is 5.69 Å². The molecule has 1 aromatic carbocycles. The summed E-state index contributed by atoms with van der Waals surface area (Å²) >= 11 is 0. The lowest BCUT2D eigenvalue weighted by atomic mass is 9.80. The third-order valence-corrected chi connectivity index (χ3v) is 4.40. The molecule has 1 radical (unpaired) electrons. The van der Waals surface area contributed by atoms with Crippen molar-refractivity contribution in [3.63, 3.8) is 0 Å². The van der Waals surface area contributed by atoms with E-state index in [4.69, 9.17) is 0 Å². The van der Waals surface area contributed by atoms with Crippen LogP contribution in [0.5, 0.6) is 0 Å². The van der Waals surface area contributed by atoms with Crippen LogP contribution in [-0.2, 0) is 18.3 Å². The number of carbonyl (C=O) groups excluding carboxylic acids is 1. The molecule has 0 atom stereocenters. The molecule has 0 N–H and O–H groups in total. The molecule has 2 aromatic rings. The standard InChI is InChI=1S/C19H23N2O/c1-13(22)21-12-16-10-15(8-9-18(16)20-21)14-6-5-7-17(11-14)19(2,3)4/h5-7,11-12H,8-10H2,1-4H3. The number of hydrogen-bond acceptors (Lipinski definition) is 2. The highest BCUT2D eigenvalue weighted by Crippen LogP contribution is 2.33. The van der Waals surface area contributed by atoms with Crippen molar-refractivity contribution in [3.05, 3.63) is 58.8 Å². The number of carbonyl (C=O) groups is 1. The lowest BCUT2D eigenvalue weighted by Gasteiger charge is -2.24. The summed E-state index contributed by atoms with van der Waals surface area (Å²) < 4.78 is 1.47. The van der Waals surface area contributed by atoms with Gasteiger partial charge in [-0.25, -0.2) is 4.68 Å². The lowest BCUT2D eigenvalue weighted by molar-refractivity contribution is 0.0920. The molecule has 0 saturated carbocycles. The second-order valence-corrected chi connectivity index (χ2v) is 7.18. The van der Waals surface area contributed by atoms with E-state index in [1.54, 1.807) is 6.92 Å². The number of aromatic nitrogens is 2. The maximum absolute atomic E-state index is 11.5. The minimum absolute atomic E-state index is 0.0225. The van der Waals surface area contributed by atoms with Crippen molar-refractivity contribution < 1.29 is 4.79 Å². The van der Waals surface area contributed by atoms with Gasteiger partial charge in [0.15, 0.2) is 0 Å². The first-order chi connectivity index (χ1) is 10.3. The van der Waals surface area contributed by atoms with Gasteiger partial charge in [0.25, 0.3) is 0 Å². The van der Waals surface area contributed by atoms with E-state index in [0.717, 1.165) is 25.0 Å². The van der Waals surface area contributed by atoms with Crippen LogP contribution >= 0.6 is 0 Å². The Labute approximate surface area is 132 Å². The number of fused-ring (bicyclic) bond motifs is 1. The van der Waals surface area contributed by atoms with Crippen molar-refractivity contribution >= 4 is 5.91 Å². The van der Waals surface area contributed by atoms with Gasteiger partial charge in [-0.3, -0.25) is 4.79 Å². The zero-order valence-corrected chi connectivity index (χ0v) is 13.8. The predicted molar refractivity (Wildman–Crippen MR) is 88.0 cm³/mol. The molecule has 1 aromatic heterocycles. The van der Waals surface area contributed by atoms with Gasteiger partial charge < -0.3 is 0 Å². The Morgan fingerprint density at radius 2 is 2.00 bits per heavy atom. The Morgan fingerprint density at radius 1 is 1.23 bits per heavy atom. The van der Waals surface area contributed by atoms with Gasteiger partial charge in [-0.1, -0.05) is 45.0 Å². The van der Waals surface area contributed by atoms with Gasteiger partial charge in [-0.2, -0.15) is 5.10 Å². The van der Waals surface area contributed by atoms with E-state index in [2.05, 4.69) is 50.1 Å². The van der Waals surface area contributed by atoms with Crippen molar-refractivity contribution in [1.82, 2.24) is 9.78 Å². The molecule has 3 heteroatoms. The zero-order valence-electron chi connectivity index (χ0n) is 13.8. The van der Waals surface area contributed by atoms with Gasteiger partial charge in [-0.05, 0) is 41.4 Å². The van der Waals surface area contributed by atoms with Gasteiger partial charge in [0.2, 0.25) is 5.91 Å². The summed E-state index contributed by atoms with van der Waals surface area (Å²) in [5.74, 6) is 1.42. The predicted octanol–water partition coefficient (Wildman–Crippen LogP) is 3.95. The molecular formula is C19H23N2O. The van der Waals surface area contributed by atoms with Gasteiger partial charge in [0, 0.05) is 19.0 Å². The average molecular weight is 295 g/mol. The van der Waals surface area contributed by atoms with E-state index >= 15 is 0 Å². The van der Waals surface area contributed by atoms with Crippen molar-refractivity contribution in [2.75, 3.05) is 0 Å². The first-order valence-corrected chi connectivity index (χ1v) is 7.88. The van der Waals surface area contributed by atoms with Gasteiger partial charge in [-0.15, -0.1) is 0 Å². The zero-order chi connectivity index (χ0) is 15.9. The molecule has 0 bridgehead atoms. The fourth-order valence-corrected chi connectivity index (χ4v) is 3.00. The van der Waals surface area contributed by atoms with Crippen molar-refractivity contribution in [1.29, 1.82) is 0 Å². The smallest absolute Gasteiger partial charge is 0.243 e. The molecular weight excluding hydrogens is 272 g/mol. The fourth-order valence-electron chi connectivity index (χ4n) is 3.00. The van der Waals surface area contributed by atoms with E-state index in [0.29, 0.717) is 0 Å².